The van der Waals surface area contributed by atoms with Gasteiger partial charge in [-0.1, -0.05) is 19.9 Å². The van der Waals surface area contributed by atoms with Gasteiger partial charge in [-0.3, -0.25) is 4.79 Å². The van der Waals surface area contributed by atoms with Crippen LogP contribution in [0, 0.1) is 11.6 Å². The van der Waals surface area contributed by atoms with Gasteiger partial charge in [0.2, 0.25) is 15.9 Å². The molecule has 3 rings (SSSR count). The van der Waals surface area contributed by atoms with Gasteiger partial charge in [0.15, 0.2) is 0 Å². The lowest BCUT2D eigenvalue weighted by molar-refractivity contribution is -0.116. The van der Waals surface area contributed by atoms with Crippen LogP contribution < -0.4 is 5.32 Å². The van der Waals surface area contributed by atoms with E-state index in [1.165, 1.54) is 16.4 Å². The normalized spacial score (nSPS) is 11.9. The van der Waals surface area contributed by atoms with Gasteiger partial charge in [-0.15, -0.1) is 0 Å². The second-order valence-electron chi connectivity index (χ2n) is 7.16. The van der Waals surface area contributed by atoms with Gasteiger partial charge >= 0.3 is 0 Å². The van der Waals surface area contributed by atoms with Gasteiger partial charge in [-0.05, 0) is 37.3 Å². The van der Waals surface area contributed by atoms with Gasteiger partial charge < -0.3 is 9.88 Å². The second kappa shape index (κ2) is 9.74. The van der Waals surface area contributed by atoms with Crippen LogP contribution in [0.1, 0.15) is 33.0 Å². The third-order valence-corrected chi connectivity index (χ3v) is 7.31. The summed E-state index contributed by atoms with van der Waals surface area (Å²) in [5.41, 5.74) is 0.782. The maximum absolute atomic E-state index is 13.8. The first-order valence-corrected chi connectivity index (χ1v) is 11.9. The standard InChI is InChI=1S/C22H26F2N4O3S/c1-4-27(5-2)32(30,31)15-10-11-19-18(14-15)25-20(28(19)6-3)12-13-21(29)26-22-16(23)8-7-9-17(22)24/h7-11,14H,4-6,12-13H2,1-3H3,(H,26,29). The van der Waals surface area contributed by atoms with E-state index in [0.29, 0.717) is 31.0 Å². The summed E-state index contributed by atoms with van der Waals surface area (Å²) in [5.74, 6) is -1.65. The molecule has 32 heavy (non-hydrogen) atoms. The topological polar surface area (TPSA) is 84.3 Å². The second-order valence-corrected chi connectivity index (χ2v) is 9.09. The summed E-state index contributed by atoms with van der Waals surface area (Å²) in [7, 11) is -3.62. The molecule has 3 aromatic rings. The summed E-state index contributed by atoms with van der Waals surface area (Å²) in [6, 6.07) is 8.16. The highest BCUT2D eigenvalue weighted by Gasteiger charge is 2.23. The Labute approximate surface area is 186 Å². The SMILES string of the molecule is CCN(CC)S(=O)(=O)c1ccc2c(c1)nc(CCC(=O)Nc1c(F)cccc1F)n2CC. The number of para-hydroxylation sites is 1. The van der Waals surface area contributed by atoms with E-state index in [0.717, 1.165) is 17.6 Å². The Balaban J connectivity index is 1.83. The molecule has 1 N–H and O–H groups in total. The molecule has 1 heterocycles. The van der Waals surface area contributed by atoms with Gasteiger partial charge in [0.05, 0.1) is 15.9 Å². The maximum atomic E-state index is 13.8. The van der Waals surface area contributed by atoms with Crippen molar-refractivity contribution in [3.63, 3.8) is 0 Å². The predicted molar refractivity (Wildman–Crippen MR) is 119 cm³/mol. The third kappa shape index (κ3) is 4.66. The molecule has 0 aliphatic heterocycles. The van der Waals surface area contributed by atoms with Crippen molar-refractivity contribution in [2.45, 2.75) is 45.1 Å². The quantitative estimate of drug-likeness (QED) is 0.520. The highest BCUT2D eigenvalue weighted by atomic mass is 32.2. The molecule has 0 saturated heterocycles. The molecule has 0 unspecified atom stereocenters. The van der Waals surface area contributed by atoms with Crippen LogP contribution in [-0.2, 0) is 27.8 Å². The van der Waals surface area contributed by atoms with Crippen LogP contribution in [0.3, 0.4) is 0 Å². The van der Waals surface area contributed by atoms with Gasteiger partial charge in [-0.2, -0.15) is 4.31 Å². The molecule has 0 aliphatic carbocycles. The minimum Gasteiger partial charge on any atom is -0.328 e. The van der Waals surface area contributed by atoms with Crippen LogP contribution >= 0.6 is 0 Å². The van der Waals surface area contributed by atoms with Crippen molar-refractivity contribution < 1.29 is 22.0 Å². The summed E-state index contributed by atoms with van der Waals surface area (Å²) in [6.45, 7) is 6.77. The van der Waals surface area contributed by atoms with Crippen molar-refractivity contribution in [2.24, 2.45) is 0 Å². The highest BCUT2D eigenvalue weighted by molar-refractivity contribution is 7.89. The lowest BCUT2D eigenvalue weighted by atomic mass is 10.2. The maximum Gasteiger partial charge on any atom is 0.243 e. The fourth-order valence-electron chi connectivity index (χ4n) is 3.62. The average molecular weight is 465 g/mol. The van der Waals surface area contributed by atoms with Crippen molar-refractivity contribution in [3.8, 4) is 0 Å². The van der Waals surface area contributed by atoms with Crippen molar-refractivity contribution in [3.05, 3.63) is 53.9 Å². The van der Waals surface area contributed by atoms with Crippen molar-refractivity contribution >= 4 is 32.7 Å². The van der Waals surface area contributed by atoms with E-state index in [2.05, 4.69) is 10.3 Å². The van der Waals surface area contributed by atoms with Gasteiger partial charge in [0.1, 0.15) is 23.1 Å². The van der Waals surface area contributed by atoms with E-state index in [9.17, 15) is 22.0 Å². The van der Waals surface area contributed by atoms with E-state index >= 15 is 0 Å². The first-order chi connectivity index (χ1) is 15.2. The van der Waals surface area contributed by atoms with E-state index in [1.807, 2.05) is 11.5 Å². The van der Waals surface area contributed by atoms with Crippen LogP contribution in [0.25, 0.3) is 11.0 Å². The zero-order valence-corrected chi connectivity index (χ0v) is 19.0. The van der Waals surface area contributed by atoms with Crippen LogP contribution in [0.2, 0.25) is 0 Å². The molecular weight excluding hydrogens is 438 g/mol. The largest absolute Gasteiger partial charge is 0.328 e. The molecule has 10 heteroatoms. The van der Waals surface area contributed by atoms with Gasteiger partial charge in [0.25, 0.3) is 0 Å². The van der Waals surface area contributed by atoms with Crippen LogP contribution in [0.4, 0.5) is 14.5 Å². The molecule has 0 saturated carbocycles. The molecule has 2 aromatic carbocycles. The molecule has 0 fully saturated rings. The zero-order valence-electron chi connectivity index (χ0n) is 18.2. The molecule has 0 spiro atoms. The average Bonchev–Trinajstić information content (AvgIpc) is 3.12. The summed E-state index contributed by atoms with van der Waals surface area (Å²) in [6.07, 6.45) is 0.185. The molecule has 7 nitrogen and oxygen atoms in total. The highest BCUT2D eigenvalue weighted by Crippen LogP contribution is 2.24. The van der Waals surface area contributed by atoms with Crippen LogP contribution in [0.5, 0.6) is 0 Å². The Hall–Kier alpha value is -2.85. The lowest BCUT2D eigenvalue weighted by Crippen LogP contribution is -2.30. The molecule has 0 atom stereocenters. The van der Waals surface area contributed by atoms with Crippen molar-refractivity contribution in [1.29, 1.82) is 0 Å². The number of nitrogens with one attached hydrogen (secondary N) is 1. The third-order valence-electron chi connectivity index (χ3n) is 5.26. The Morgan fingerprint density at radius 2 is 1.75 bits per heavy atom. The first-order valence-electron chi connectivity index (χ1n) is 10.5. The fraction of sp³-hybridized carbons (Fsp3) is 0.364. The number of imidazole rings is 1. The summed E-state index contributed by atoms with van der Waals surface area (Å²) < 4.78 is 56.4. The van der Waals surface area contributed by atoms with Crippen LogP contribution in [-0.4, -0.2) is 41.3 Å². The Morgan fingerprint density at radius 1 is 1.09 bits per heavy atom. The molecule has 172 valence electrons. The van der Waals surface area contributed by atoms with E-state index in [4.69, 9.17) is 0 Å². The minimum absolute atomic E-state index is 0.0400. The van der Waals surface area contributed by atoms with E-state index < -0.39 is 33.3 Å². The number of aromatic nitrogens is 2. The number of benzene rings is 2. The Kier molecular flexibility index (Phi) is 7.25. The molecule has 0 bridgehead atoms. The number of amides is 1. The summed E-state index contributed by atoms with van der Waals surface area (Å²) in [5, 5.41) is 2.26. The molecule has 1 amide bonds. The van der Waals surface area contributed by atoms with Crippen molar-refractivity contribution in [1.82, 2.24) is 13.9 Å². The molecule has 0 aliphatic rings. The number of carbonyl (C=O) groups is 1. The van der Waals surface area contributed by atoms with E-state index in [-0.39, 0.29) is 17.7 Å². The lowest BCUT2D eigenvalue weighted by Gasteiger charge is -2.18. The Bertz CT molecular complexity index is 1220. The van der Waals surface area contributed by atoms with Gasteiger partial charge in [0, 0.05) is 32.5 Å². The van der Waals surface area contributed by atoms with Crippen LogP contribution in [0.15, 0.2) is 41.3 Å². The van der Waals surface area contributed by atoms with Crippen molar-refractivity contribution in [2.75, 3.05) is 18.4 Å². The predicted octanol–water partition coefficient (Wildman–Crippen LogP) is 3.94. The molecular formula is C22H26F2N4O3S. The summed E-state index contributed by atoms with van der Waals surface area (Å²) >= 11 is 0. The number of carbonyl (C=O) groups excluding carboxylic acids is 1. The number of sulfonamides is 1. The number of halogens is 2. The van der Waals surface area contributed by atoms with E-state index in [1.54, 1.807) is 26.0 Å². The molecule has 1 aromatic heterocycles. The Morgan fingerprint density at radius 3 is 2.34 bits per heavy atom. The number of hydrogen-bond donors (Lipinski definition) is 1. The number of anilines is 1. The first kappa shape index (κ1) is 23.8. The fourth-order valence-corrected chi connectivity index (χ4v) is 5.10. The smallest absolute Gasteiger partial charge is 0.243 e. The number of hydrogen-bond acceptors (Lipinski definition) is 4. The monoisotopic (exact) mass is 464 g/mol. The number of fused-ring (bicyclic) bond motifs is 1. The minimum atomic E-state index is -3.62. The number of nitrogens with zero attached hydrogens (tertiary/aromatic N) is 3. The number of rotatable bonds is 9. The van der Waals surface area contributed by atoms with Gasteiger partial charge in [-0.25, -0.2) is 22.2 Å². The zero-order chi connectivity index (χ0) is 23.5. The number of aryl methyl sites for hydroxylation is 2. The molecule has 0 radical (unpaired) electrons. The summed E-state index contributed by atoms with van der Waals surface area (Å²) in [4.78, 5) is 17.0.